The Kier molecular flexibility index (Phi) is 8.40. The molecule has 5 heteroatoms. The van der Waals surface area contributed by atoms with Crippen molar-refractivity contribution in [2.75, 3.05) is 39.8 Å². The fraction of sp³-hybridized carbons (Fsp3) is 0.632. The monoisotopic (exact) mass is 350 g/mol. The van der Waals surface area contributed by atoms with Gasteiger partial charge in [0.1, 0.15) is 0 Å². The van der Waals surface area contributed by atoms with Gasteiger partial charge in [0.2, 0.25) is 0 Å². The van der Waals surface area contributed by atoms with Crippen molar-refractivity contribution in [3.05, 3.63) is 34.9 Å². The minimum Gasteiger partial charge on any atom is -0.356 e. The molecule has 0 spiro atoms. The van der Waals surface area contributed by atoms with Gasteiger partial charge in [-0.15, -0.1) is 0 Å². The van der Waals surface area contributed by atoms with E-state index in [0.29, 0.717) is 0 Å². The maximum Gasteiger partial charge on any atom is 0.190 e. The number of rotatable bonds is 7. The van der Waals surface area contributed by atoms with E-state index in [0.717, 1.165) is 36.4 Å². The molecule has 0 saturated carbocycles. The number of nitrogens with zero attached hydrogens (tertiary/aromatic N) is 2. The van der Waals surface area contributed by atoms with Crippen LogP contribution in [0.5, 0.6) is 0 Å². The Hall–Kier alpha value is -1.26. The summed E-state index contributed by atoms with van der Waals surface area (Å²) in [6.07, 6.45) is 4.78. The minimum atomic E-state index is 0.832. The molecule has 0 bridgehead atoms. The van der Waals surface area contributed by atoms with Gasteiger partial charge in [0.05, 0.1) is 0 Å². The van der Waals surface area contributed by atoms with Crippen LogP contribution >= 0.6 is 11.6 Å². The van der Waals surface area contributed by atoms with E-state index < -0.39 is 0 Å². The molecule has 2 N–H and O–H groups in total. The van der Waals surface area contributed by atoms with Gasteiger partial charge in [-0.1, -0.05) is 36.7 Å². The SMILES string of the molecule is CCN1CCC(CCNC(=NC)NCCc2ccccc2Cl)CC1. The molecule has 1 aliphatic rings. The van der Waals surface area contributed by atoms with Gasteiger partial charge in [0.15, 0.2) is 5.96 Å². The molecule has 0 amide bonds. The molecule has 0 unspecified atom stereocenters. The average Bonchev–Trinajstić information content (AvgIpc) is 2.62. The lowest BCUT2D eigenvalue weighted by molar-refractivity contribution is 0.187. The van der Waals surface area contributed by atoms with Crippen molar-refractivity contribution in [2.24, 2.45) is 10.9 Å². The van der Waals surface area contributed by atoms with Crippen molar-refractivity contribution < 1.29 is 0 Å². The van der Waals surface area contributed by atoms with Crippen molar-refractivity contribution in [2.45, 2.75) is 32.6 Å². The Bertz CT molecular complexity index is 510. The van der Waals surface area contributed by atoms with Crippen LogP contribution in [-0.4, -0.2) is 50.6 Å². The Morgan fingerprint density at radius 3 is 2.58 bits per heavy atom. The third-order valence-electron chi connectivity index (χ3n) is 4.87. The van der Waals surface area contributed by atoms with Crippen molar-refractivity contribution in [1.82, 2.24) is 15.5 Å². The quantitative estimate of drug-likeness (QED) is 0.586. The maximum absolute atomic E-state index is 6.19. The standard InChI is InChI=1S/C19H31ClN4/c1-3-24-14-10-16(11-15-24)8-12-22-19(21-2)23-13-9-17-6-4-5-7-18(17)20/h4-7,16H,3,8-15H2,1-2H3,(H2,21,22,23). The maximum atomic E-state index is 6.19. The largest absolute Gasteiger partial charge is 0.356 e. The molecule has 1 aromatic rings. The van der Waals surface area contributed by atoms with Crippen molar-refractivity contribution >= 4 is 17.6 Å². The zero-order chi connectivity index (χ0) is 17.2. The molecule has 2 rings (SSSR count). The van der Waals surface area contributed by atoms with Crippen molar-refractivity contribution in [1.29, 1.82) is 0 Å². The fourth-order valence-electron chi connectivity index (χ4n) is 3.22. The van der Waals surface area contributed by atoms with Crippen LogP contribution < -0.4 is 10.6 Å². The van der Waals surface area contributed by atoms with Crippen LogP contribution in [0.1, 0.15) is 31.7 Å². The Morgan fingerprint density at radius 2 is 1.92 bits per heavy atom. The van der Waals surface area contributed by atoms with Crippen LogP contribution in [0.4, 0.5) is 0 Å². The normalized spacial score (nSPS) is 17.0. The number of hydrogen-bond donors (Lipinski definition) is 2. The summed E-state index contributed by atoms with van der Waals surface area (Å²) in [5, 5.41) is 7.64. The molecule has 1 saturated heterocycles. The van der Waals surface area contributed by atoms with E-state index in [1.54, 1.807) is 0 Å². The molecular formula is C19H31ClN4. The van der Waals surface area contributed by atoms with E-state index in [1.807, 2.05) is 25.2 Å². The second-order valence-electron chi connectivity index (χ2n) is 6.43. The van der Waals surface area contributed by atoms with Crippen molar-refractivity contribution in [3.63, 3.8) is 0 Å². The summed E-state index contributed by atoms with van der Waals surface area (Å²) in [6, 6.07) is 8.00. The Morgan fingerprint density at radius 1 is 1.21 bits per heavy atom. The van der Waals surface area contributed by atoms with E-state index in [-0.39, 0.29) is 0 Å². The van der Waals surface area contributed by atoms with Crippen LogP contribution in [-0.2, 0) is 6.42 Å². The highest BCUT2D eigenvalue weighted by Crippen LogP contribution is 2.19. The minimum absolute atomic E-state index is 0.832. The number of halogens is 1. The number of likely N-dealkylation sites (tertiary alicyclic amines) is 1. The molecule has 134 valence electrons. The topological polar surface area (TPSA) is 39.7 Å². The van der Waals surface area contributed by atoms with Gasteiger partial charge in [0, 0.05) is 25.2 Å². The number of piperidine rings is 1. The molecule has 0 aliphatic carbocycles. The van der Waals surface area contributed by atoms with Crippen LogP contribution in [0.25, 0.3) is 0 Å². The molecule has 1 aromatic carbocycles. The summed E-state index contributed by atoms with van der Waals surface area (Å²) in [6.45, 7) is 7.77. The first-order chi connectivity index (χ1) is 11.7. The van der Waals surface area contributed by atoms with Crippen LogP contribution in [0.15, 0.2) is 29.3 Å². The lowest BCUT2D eigenvalue weighted by atomic mass is 9.93. The first kappa shape index (κ1) is 19.1. The van der Waals surface area contributed by atoms with E-state index in [1.165, 1.54) is 44.5 Å². The second kappa shape index (κ2) is 10.6. The second-order valence-corrected chi connectivity index (χ2v) is 6.84. The first-order valence-electron chi connectivity index (χ1n) is 9.13. The summed E-state index contributed by atoms with van der Waals surface area (Å²) in [4.78, 5) is 6.84. The molecule has 24 heavy (non-hydrogen) atoms. The molecule has 1 fully saturated rings. The van der Waals surface area contributed by atoms with Crippen LogP contribution in [0.3, 0.4) is 0 Å². The van der Waals surface area contributed by atoms with Gasteiger partial charge in [-0.25, -0.2) is 0 Å². The molecule has 0 aromatic heterocycles. The number of nitrogens with one attached hydrogen (secondary N) is 2. The zero-order valence-electron chi connectivity index (χ0n) is 15.0. The number of benzene rings is 1. The molecule has 0 atom stereocenters. The summed E-state index contributed by atoms with van der Waals surface area (Å²) >= 11 is 6.19. The van der Waals surface area contributed by atoms with Gasteiger partial charge < -0.3 is 15.5 Å². The predicted molar refractivity (Wildman–Crippen MR) is 104 cm³/mol. The molecule has 0 radical (unpaired) electrons. The number of aliphatic imine (C=N–C) groups is 1. The lowest BCUT2D eigenvalue weighted by Gasteiger charge is -2.31. The van der Waals surface area contributed by atoms with Crippen LogP contribution in [0, 0.1) is 5.92 Å². The molecule has 1 aliphatic heterocycles. The van der Waals surface area contributed by atoms with E-state index in [9.17, 15) is 0 Å². The molecular weight excluding hydrogens is 320 g/mol. The average molecular weight is 351 g/mol. The van der Waals surface area contributed by atoms with Crippen LogP contribution in [0.2, 0.25) is 5.02 Å². The number of guanidine groups is 1. The van der Waals surface area contributed by atoms with Gasteiger partial charge in [0.25, 0.3) is 0 Å². The summed E-state index contributed by atoms with van der Waals surface area (Å²) in [7, 11) is 1.82. The van der Waals surface area contributed by atoms with Gasteiger partial charge in [-0.2, -0.15) is 0 Å². The smallest absolute Gasteiger partial charge is 0.190 e. The van der Waals surface area contributed by atoms with Gasteiger partial charge in [-0.3, -0.25) is 4.99 Å². The summed E-state index contributed by atoms with van der Waals surface area (Å²) in [5.74, 6) is 1.73. The zero-order valence-corrected chi connectivity index (χ0v) is 15.8. The van der Waals surface area contributed by atoms with E-state index in [4.69, 9.17) is 11.6 Å². The van der Waals surface area contributed by atoms with Gasteiger partial charge >= 0.3 is 0 Å². The van der Waals surface area contributed by atoms with Crippen molar-refractivity contribution in [3.8, 4) is 0 Å². The summed E-state index contributed by atoms with van der Waals surface area (Å²) in [5.41, 5.74) is 1.17. The molecule has 4 nitrogen and oxygen atoms in total. The number of hydrogen-bond acceptors (Lipinski definition) is 2. The van der Waals surface area contributed by atoms with E-state index in [2.05, 4.69) is 33.5 Å². The van der Waals surface area contributed by atoms with E-state index >= 15 is 0 Å². The third kappa shape index (κ3) is 6.33. The fourth-order valence-corrected chi connectivity index (χ4v) is 3.45. The highest BCUT2D eigenvalue weighted by molar-refractivity contribution is 6.31. The Labute approximate surface area is 151 Å². The highest BCUT2D eigenvalue weighted by Gasteiger charge is 2.17. The van der Waals surface area contributed by atoms with Gasteiger partial charge in [-0.05, 0) is 62.9 Å². The first-order valence-corrected chi connectivity index (χ1v) is 9.51. The summed E-state index contributed by atoms with van der Waals surface area (Å²) < 4.78 is 0. The molecule has 1 heterocycles. The highest BCUT2D eigenvalue weighted by atomic mass is 35.5. The Balaban J connectivity index is 1.62. The third-order valence-corrected chi connectivity index (χ3v) is 5.24. The lowest BCUT2D eigenvalue weighted by Crippen LogP contribution is -2.40. The predicted octanol–water partition coefficient (Wildman–Crippen LogP) is 3.17.